The van der Waals surface area contributed by atoms with Gasteiger partial charge in [-0.3, -0.25) is 0 Å². The fraction of sp³-hybridized carbons (Fsp3) is 0.867. The van der Waals surface area contributed by atoms with Gasteiger partial charge in [0.15, 0.2) is 6.29 Å². The lowest BCUT2D eigenvalue weighted by Crippen LogP contribution is -2.22. The predicted octanol–water partition coefficient (Wildman–Crippen LogP) is 4.45. The molecule has 17 heavy (non-hydrogen) atoms. The molecule has 100 valence electrons. The molecule has 0 saturated carbocycles. The first kappa shape index (κ1) is 14.7. The third-order valence-corrected chi connectivity index (χ3v) is 3.10. The van der Waals surface area contributed by atoms with Gasteiger partial charge >= 0.3 is 0 Å². The molecule has 1 atom stereocenters. The molecule has 1 rings (SSSR count). The van der Waals surface area contributed by atoms with Crippen molar-refractivity contribution in [1.82, 2.24) is 0 Å². The Bertz CT molecular complexity index is 183. The van der Waals surface area contributed by atoms with E-state index >= 15 is 0 Å². The molecule has 1 heterocycles. The van der Waals surface area contributed by atoms with Crippen LogP contribution in [-0.2, 0) is 9.47 Å². The molecule has 0 radical (unpaired) electrons. The van der Waals surface area contributed by atoms with Crippen molar-refractivity contribution in [2.24, 2.45) is 0 Å². The van der Waals surface area contributed by atoms with E-state index in [1.807, 2.05) is 0 Å². The Labute approximate surface area is 106 Å². The van der Waals surface area contributed by atoms with Crippen LogP contribution in [0.2, 0.25) is 0 Å². The molecule has 0 aromatic carbocycles. The van der Waals surface area contributed by atoms with Gasteiger partial charge in [-0.25, -0.2) is 0 Å². The highest BCUT2D eigenvalue weighted by molar-refractivity contribution is 4.81. The van der Waals surface area contributed by atoms with Crippen molar-refractivity contribution >= 4 is 0 Å². The Morgan fingerprint density at radius 1 is 1.12 bits per heavy atom. The van der Waals surface area contributed by atoms with Gasteiger partial charge in [0.05, 0.1) is 6.61 Å². The van der Waals surface area contributed by atoms with Gasteiger partial charge in [-0.05, 0) is 44.9 Å². The summed E-state index contributed by atoms with van der Waals surface area (Å²) in [6.07, 6.45) is 15.7. The van der Waals surface area contributed by atoms with Crippen LogP contribution in [0.3, 0.4) is 0 Å². The third kappa shape index (κ3) is 8.39. The molecule has 0 spiro atoms. The topological polar surface area (TPSA) is 18.5 Å². The van der Waals surface area contributed by atoms with Crippen molar-refractivity contribution in [3.05, 3.63) is 12.2 Å². The maximum atomic E-state index is 5.67. The average molecular weight is 240 g/mol. The Morgan fingerprint density at radius 2 is 1.94 bits per heavy atom. The molecule has 1 saturated heterocycles. The standard InChI is InChI=1S/C15H28O2/c1-2-3-4-5-6-7-8-10-13-16-15-12-9-11-14-17-15/h6-7,15H,2-5,8-14H2,1H3. The second kappa shape index (κ2) is 10.8. The fourth-order valence-electron chi connectivity index (χ4n) is 2.01. The number of unbranched alkanes of at least 4 members (excludes halogenated alkanes) is 4. The molecular weight excluding hydrogens is 212 g/mol. The van der Waals surface area contributed by atoms with Crippen LogP contribution in [0.1, 0.15) is 64.7 Å². The van der Waals surface area contributed by atoms with Crippen molar-refractivity contribution in [3.63, 3.8) is 0 Å². The van der Waals surface area contributed by atoms with Crippen molar-refractivity contribution in [3.8, 4) is 0 Å². The average Bonchev–Trinajstić information content (AvgIpc) is 2.38. The minimum atomic E-state index is 0.0808. The van der Waals surface area contributed by atoms with Gasteiger partial charge in [0.25, 0.3) is 0 Å². The van der Waals surface area contributed by atoms with Crippen molar-refractivity contribution in [1.29, 1.82) is 0 Å². The monoisotopic (exact) mass is 240 g/mol. The minimum Gasteiger partial charge on any atom is -0.353 e. The Hall–Kier alpha value is -0.340. The van der Waals surface area contributed by atoms with Crippen molar-refractivity contribution in [2.75, 3.05) is 13.2 Å². The normalized spacial score (nSPS) is 21.1. The van der Waals surface area contributed by atoms with E-state index in [9.17, 15) is 0 Å². The van der Waals surface area contributed by atoms with Gasteiger partial charge in [-0.2, -0.15) is 0 Å². The molecule has 1 unspecified atom stereocenters. The van der Waals surface area contributed by atoms with Gasteiger partial charge in [-0.15, -0.1) is 0 Å². The van der Waals surface area contributed by atoms with E-state index in [1.165, 1.54) is 38.5 Å². The first-order valence-electron chi connectivity index (χ1n) is 7.31. The summed E-state index contributed by atoms with van der Waals surface area (Å²) in [6, 6.07) is 0. The molecule has 0 amide bonds. The molecule has 2 heteroatoms. The lowest BCUT2D eigenvalue weighted by molar-refractivity contribution is -0.162. The van der Waals surface area contributed by atoms with Gasteiger partial charge in [-0.1, -0.05) is 31.9 Å². The molecule has 0 bridgehead atoms. The van der Waals surface area contributed by atoms with E-state index in [-0.39, 0.29) is 6.29 Å². The Kier molecular flexibility index (Phi) is 9.34. The van der Waals surface area contributed by atoms with Crippen LogP contribution < -0.4 is 0 Å². The van der Waals surface area contributed by atoms with Gasteiger partial charge in [0.1, 0.15) is 0 Å². The zero-order valence-corrected chi connectivity index (χ0v) is 11.3. The molecule has 0 aromatic rings. The number of rotatable bonds is 9. The summed E-state index contributed by atoms with van der Waals surface area (Å²) in [5, 5.41) is 0. The maximum Gasteiger partial charge on any atom is 0.157 e. The highest BCUT2D eigenvalue weighted by atomic mass is 16.7. The zero-order chi connectivity index (χ0) is 12.2. The summed E-state index contributed by atoms with van der Waals surface area (Å²) in [7, 11) is 0. The molecule has 0 aliphatic carbocycles. The van der Waals surface area contributed by atoms with E-state index in [1.54, 1.807) is 0 Å². The van der Waals surface area contributed by atoms with Crippen LogP contribution >= 0.6 is 0 Å². The van der Waals surface area contributed by atoms with Gasteiger partial charge in [0, 0.05) is 6.61 Å². The highest BCUT2D eigenvalue weighted by Crippen LogP contribution is 2.14. The van der Waals surface area contributed by atoms with E-state index in [0.717, 1.165) is 32.5 Å². The fourth-order valence-corrected chi connectivity index (χ4v) is 2.01. The minimum absolute atomic E-state index is 0.0808. The largest absolute Gasteiger partial charge is 0.353 e. The predicted molar refractivity (Wildman–Crippen MR) is 72.1 cm³/mol. The summed E-state index contributed by atoms with van der Waals surface area (Å²) in [5.74, 6) is 0. The van der Waals surface area contributed by atoms with Crippen LogP contribution in [0.5, 0.6) is 0 Å². The van der Waals surface area contributed by atoms with Crippen molar-refractivity contribution in [2.45, 2.75) is 71.0 Å². The zero-order valence-electron chi connectivity index (χ0n) is 11.3. The van der Waals surface area contributed by atoms with E-state index in [0.29, 0.717) is 0 Å². The van der Waals surface area contributed by atoms with E-state index in [2.05, 4.69) is 19.1 Å². The highest BCUT2D eigenvalue weighted by Gasteiger charge is 2.12. The molecular formula is C15H28O2. The second-order valence-electron chi connectivity index (χ2n) is 4.78. The number of hydrogen-bond donors (Lipinski definition) is 0. The SMILES string of the molecule is CCCCCC=CCCCOC1CCCCO1. The van der Waals surface area contributed by atoms with Gasteiger partial charge < -0.3 is 9.47 Å². The summed E-state index contributed by atoms with van der Waals surface area (Å²) in [6.45, 7) is 3.96. The number of hydrogen-bond acceptors (Lipinski definition) is 2. The second-order valence-corrected chi connectivity index (χ2v) is 4.78. The lowest BCUT2D eigenvalue weighted by Gasteiger charge is -2.22. The Balaban J connectivity index is 1.83. The molecule has 2 nitrogen and oxygen atoms in total. The smallest absolute Gasteiger partial charge is 0.157 e. The summed E-state index contributed by atoms with van der Waals surface area (Å²) in [5.41, 5.74) is 0. The quantitative estimate of drug-likeness (QED) is 0.438. The Morgan fingerprint density at radius 3 is 2.65 bits per heavy atom. The summed E-state index contributed by atoms with van der Waals surface area (Å²) >= 11 is 0. The molecule has 0 N–H and O–H groups in total. The number of ether oxygens (including phenoxy) is 2. The van der Waals surface area contributed by atoms with Crippen LogP contribution in [0, 0.1) is 0 Å². The van der Waals surface area contributed by atoms with Crippen molar-refractivity contribution < 1.29 is 9.47 Å². The first-order valence-corrected chi connectivity index (χ1v) is 7.31. The first-order chi connectivity index (χ1) is 8.43. The van der Waals surface area contributed by atoms with Gasteiger partial charge in [0.2, 0.25) is 0 Å². The van der Waals surface area contributed by atoms with Crippen LogP contribution in [-0.4, -0.2) is 19.5 Å². The van der Waals surface area contributed by atoms with Crippen LogP contribution in [0.15, 0.2) is 12.2 Å². The summed E-state index contributed by atoms with van der Waals surface area (Å²) in [4.78, 5) is 0. The van der Waals surface area contributed by atoms with E-state index in [4.69, 9.17) is 9.47 Å². The molecule has 1 aliphatic rings. The van der Waals surface area contributed by atoms with Crippen LogP contribution in [0.4, 0.5) is 0 Å². The third-order valence-electron chi connectivity index (χ3n) is 3.10. The lowest BCUT2D eigenvalue weighted by atomic mass is 10.2. The van der Waals surface area contributed by atoms with Crippen LogP contribution in [0.25, 0.3) is 0 Å². The number of allylic oxidation sites excluding steroid dienone is 2. The van der Waals surface area contributed by atoms with E-state index < -0.39 is 0 Å². The molecule has 0 aromatic heterocycles. The molecule has 1 fully saturated rings. The maximum absolute atomic E-state index is 5.67. The molecule has 1 aliphatic heterocycles. The summed E-state index contributed by atoms with van der Waals surface area (Å²) < 4.78 is 11.2.